The van der Waals surface area contributed by atoms with Crippen molar-refractivity contribution in [3.05, 3.63) is 87.6 Å². The van der Waals surface area contributed by atoms with E-state index < -0.39 is 40.5 Å². The van der Waals surface area contributed by atoms with Gasteiger partial charge < -0.3 is 4.74 Å². The van der Waals surface area contributed by atoms with Crippen molar-refractivity contribution in [3.63, 3.8) is 0 Å². The van der Waals surface area contributed by atoms with Crippen molar-refractivity contribution < 1.29 is 31.1 Å². The molecule has 1 aromatic heterocycles. The molecule has 11 heteroatoms. The second-order valence-electron chi connectivity index (χ2n) is 9.97. The third-order valence-corrected chi connectivity index (χ3v) is 7.49. The summed E-state index contributed by atoms with van der Waals surface area (Å²) in [7, 11) is 0. The predicted molar refractivity (Wildman–Crippen MR) is 124 cm³/mol. The molecule has 200 valence electrons. The molecule has 1 aliphatic carbocycles. The van der Waals surface area contributed by atoms with Gasteiger partial charge in [0, 0.05) is 11.0 Å². The number of benzene rings is 2. The van der Waals surface area contributed by atoms with Crippen LogP contribution in [-0.4, -0.2) is 21.4 Å². The summed E-state index contributed by atoms with van der Waals surface area (Å²) in [5, 5.41) is 6.22. The average molecular weight is 528 g/mol. The Kier molecular flexibility index (Phi) is 7.04. The molecule has 1 fully saturated rings. The number of hydrogen-bond donors (Lipinski definition) is 1. The van der Waals surface area contributed by atoms with Crippen LogP contribution in [0.2, 0.25) is 0 Å². The Morgan fingerprint density at radius 2 is 1.54 bits per heavy atom. The van der Waals surface area contributed by atoms with Crippen molar-refractivity contribution >= 4 is 0 Å². The van der Waals surface area contributed by atoms with E-state index in [2.05, 4.69) is 10.2 Å². The topological polar surface area (TPSA) is 59.9 Å². The number of nitrogens with one attached hydrogen (secondary N) is 1. The Balaban J connectivity index is 1.60. The second-order valence-corrected chi connectivity index (χ2v) is 9.97. The van der Waals surface area contributed by atoms with Gasteiger partial charge in [0.15, 0.2) is 0 Å². The number of aromatic nitrogens is 3. The number of alkyl halides is 6. The molecule has 1 atom stereocenters. The Labute approximate surface area is 209 Å². The van der Waals surface area contributed by atoms with Gasteiger partial charge in [0.1, 0.15) is 6.33 Å². The van der Waals surface area contributed by atoms with Crippen LogP contribution >= 0.6 is 0 Å². The van der Waals surface area contributed by atoms with Crippen LogP contribution in [0.5, 0.6) is 0 Å². The lowest BCUT2D eigenvalue weighted by Gasteiger charge is -2.45. The van der Waals surface area contributed by atoms with Crippen LogP contribution in [0.25, 0.3) is 0 Å². The first kappa shape index (κ1) is 27.0. The van der Waals surface area contributed by atoms with Crippen LogP contribution in [-0.2, 0) is 28.0 Å². The first-order chi connectivity index (χ1) is 17.2. The summed E-state index contributed by atoms with van der Waals surface area (Å²) in [5.74, 6) is 0. The van der Waals surface area contributed by atoms with E-state index in [1.807, 2.05) is 37.3 Å². The van der Waals surface area contributed by atoms with Crippen LogP contribution in [0.4, 0.5) is 26.3 Å². The smallest absolute Gasteiger partial charge is 0.373 e. The maximum Gasteiger partial charge on any atom is 0.416 e. The number of rotatable bonds is 6. The number of H-pyrrole nitrogens is 1. The van der Waals surface area contributed by atoms with E-state index in [9.17, 15) is 31.1 Å². The minimum absolute atomic E-state index is 0.0894. The molecule has 0 saturated heterocycles. The molecule has 0 spiro atoms. The Bertz CT molecular complexity index is 1240. The molecule has 1 saturated carbocycles. The van der Waals surface area contributed by atoms with Crippen molar-refractivity contribution in [1.82, 2.24) is 14.8 Å². The van der Waals surface area contributed by atoms with E-state index in [1.54, 1.807) is 4.57 Å². The number of halogens is 6. The van der Waals surface area contributed by atoms with E-state index >= 15 is 0 Å². The minimum atomic E-state index is -4.93. The van der Waals surface area contributed by atoms with Gasteiger partial charge in [-0.3, -0.25) is 4.57 Å². The standard InChI is InChI=1S/C26H27F6N3O2/c1-17(18-12-20(25(27,28)29)14-21(13-18)26(30,31)32)37-15-24(19-6-4-3-5-7-19)10-8-23(2,9-11-24)35-16-33-34-22(35)36/h3-7,12-14,16-17H,8-11,15H2,1-2H3,(H,34,36)/t17-,23?,24?/m1/s1. The molecular weight excluding hydrogens is 500 g/mol. The third-order valence-electron chi connectivity index (χ3n) is 7.49. The zero-order valence-electron chi connectivity index (χ0n) is 20.3. The number of aromatic amines is 1. The zero-order chi connectivity index (χ0) is 27.1. The highest BCUT2D eigenvalue weighted by molar-refractivity contribution is 5.35. The van der Waals surface area contributed by atoms with Gasteiger partial charge in [-0.1, -0.05) is 30.3 Å². The molecule has 4 rings (SSSR count). The van der Waals surface area contributed by atoms with Crippen molar-refractivity contribution in [2.45, 2.75) is 68.9 Å². The van der Waals surface area contributed by atoms with Crippen molar-refractivity contribution in [1.29, 1.82) is 0 Å². The zero-order valence-corrected chi connectivity index (χ0v) is 20.3. The van der Waals surface area contributed by atoms with Gasteiger partial charge in [0.05, 0.1) is 23.8 Å². The minimum Gasteiger partial charge on any atom is -0.373 e. The number of hydrogen-bond acceptors (Lipinski definition) is 3. The molecular formula is C26H27F6N3O2. The maximum absolute atomic E-state index is 13.3. The molecule has 37 heavy (non-hydrogen) atoms. The van der Waals surface area contributed by atoms with Crippen molar-refractivity contribution in [3.8, 4) is 0 Å². The molecule has 1 N–H and O–H groups in total. The molecule has 3 aromatic rings. The summed E-state index contributed by atoms with van der Waals surface area (Å²) in [6.07, 6.45) is -7.04. The first-order valence-corrected chi connectivity index (χ1v) is 11.8. The Hall–Kier alpha value is -3.08. The summed E-state index contributed by atoms with van der Waals surface area (Å²) in [5.41, 5.74) is -3.31. The summed E-state index contributed by atoms with van der Waals surface area (Å²) in [6.45, 7) is 3.50. The van der Waals surface area contributed by atoms with Gasteiger partial charge in [-0.05, 0) is 68.9 Å². The highest BCUT2D eigenvalue weighted by atomic mass is 19.4. The third kappa shape index (κ3) is 5.61. The Morgan fingerprint density at radius 3 is 2.03 bits per heavy atom. The van der Waals surface area contributed by atoms with Crippen LogP contribution < -0.4 is 5.69 Å². The molecule has 0 radical (unpaired) electrons. The van der Waals surface area contributed by atoms with Crippen molar-refractivity contribution in [2.24, 2.45) is 0 Å². The lowest BCUT2D eigenvalue weighted by atomic mass is 9.65. The average Bonchev–Trinajstić information content (AvgIpc) is 3.30. The molecule has 0 amide bonds. The fourth-order valence-electron chi connectivity index (χ4n) is 5.04. The number of nitrogens with zero attached hydrogens (tertiary/aromatic N) is 2. The lowest BCUT2D eigenvalue weighted by Crippen LogP contribution is -2.46. The summed E-state index contributed by atoms with van der Waals surface area (Å²) >= 11 is 0. The monoisotopic (exact) mass is 527 g/mol. The van der Waals surface area contributed by atoms with Gasteiger partial charge >= 0.3 is 18.0 Å². The summed E-state index contributed by atoms with van der Waals surface area (Å²) < 4.78 is 87.6. The van der Waals surface area contributed by atoms with Gasteiger partial charge in [-0.15, -0.1) is 0 Å². The predicted octanol–water partition coefficient (Wildman–Crippen LogP) is 6.61. The van der Waals surface area contributed by atoms with Gasteiger partial charge in [-0.25, -0.2) is 9.89 Å². The molecule has 0 aliphatic heterocycles. The van der Waals surface area contributed by atoms with E-state index in [0.717, 1.165) is 5.56 Å². The van der Waals surface area contributed by atoms with Crippen molar-refractivity contribution in [2.75, 3.05) is 6.61 Å². The van der Waals surface area contributed by atoms with Gasteiger partial charge in [0.2, 0.25) is 0 Å². The maximum atomic E-state index is 13.3. The quantitative estimate of drug-likeness (QED) is 0.367. The highest BCUT2D eigenvalue weighted by Gasteiger charge is 2.44. The molecule has 2 aromatic carbocycles. The largest absolute Gasteiger partial charge is 0.416 e. The molecule has 0 bridgehead atoms. The van der Waals surface area contributed by atoms with Crippen LogP contribution in [0, 0.1) is 0 Å². The van der Waals surface area contributed by atoms with Crippen LogP contribution in [0.1, 0.15) is 67.9 Å². The summed E-state index contributed by atoms with van der Waals surface area (Å²) in [4.78, 5) is 12.2. The fraction of sp³-hybridized carbons (Fsp3) is 0.462. The molecule has 0 unspecified atom stereocenters. The molecule has 1 heterocycles. The first-order valence-electron chi connectivity index (χ1n) is 11.8. The van der Waals surface area contributed by atoms with E-state index in [1.165, 1.54) is 13.3 Å². The summed E-state index contributed by atoms with van der Waals surface area (Å²) in [6, 6.07) is 11.0. The SMILES string of the molecule is C[C@@H](OCC1(c2ccccc2)CCC(C)(n2cn[nH]c2=O)CC1)c1cc(C(F)(F)F)cc(C(F)(F)F)c1. The van der Waals surface area contributed by atoms with Crippen LogP contribution in [0.15, 0.2) is 59.7 Å². The van der Waals surface area contributed by atoms with E-state index in [4.69, 9.17) is 4.74 Å². The highest BCUT2D eigenvalue weighted by Crippen LogP contribution is 2.47. The Morgan fingerprint density at radius 1 is 0.973 bits per heavy atom. The fourth-order valence-corrected chi connectivity index (χ4v) is 5.04. The lowest BCUT2D eigenvalue weighted by molar-refractivity contribution is -0.143. The van der Waals surface area contributed by atoms with E-state index in [-0.39, 0.29) is 23.9 Å². The number of ether oxygens (including phenoxy) is 1. The van der Waals surface area contributed by atoms with Crippen LogP contribution in [0.3, 0.4) is 0 Å². The normalized spacial score (nSPS) is 23.7. The molecule has 5 nitrogen and oxygen atoms in total. The molecule has 1 aliphatic rings. The van der Waals surface area contributed by atoms with Gasteiger partial charge in [-0.2, -0.15) is 31.4 Å². The van der Waals surface area contributed by atoms with E-state index in [0.29, 0.717) is 37.8 Å². The van der Waals surface area contributed by atoms with Gasteiger partial charge in [0.25, 0.3) is 0 Å². The second kappa shape index (κ2) is 9.66.